The van der Waals surface area contributed by atoms with E-state index in [0.29, 0.717) is 19.4 Å². The van der Waals surface area contributed by atoms with Crippen LogP contribution < -0.4 is 5.32 Å². The van der Waals surface area contributed by atoms with Gasteiger partial charge in [0.25, 0.3) is 5.91 Å². The van der Waals surface area contributed by atoms with Gasteiger partial charge in [-0.2, -0.15) is 5.10 Å². The highest BCUT2D eigenvalue weighted by Crippen LogP contribution is 2.44. The van der Waals surface area contributed by atoms with Crippen molar-refractivity contribution in [2.45, 2.75) is 31.2 Å². The fourth-order valence-corrected chi connectivity index (χ4v) is 5.12. The lowest BCUT2D eigenvalue weighted by Crippen LogP contribution is -2.51. The highest BCUT2D eigenvalue weighted by molar-refractivity contribution is 5.98. The van der Waals surface area contributed by atoms with Crippen LogP contribution in [0.25, 0.3) is 11.1 Å². The first kappa shape index (κ1) is 22.6. The van der Waals surface area contributed by atoms with Crippen LogP contribution in [0.2, 0.25) is 0 Å². The Kier molecular flexibility index (Phi) is 5.55. The molecule has 2 heterocycles. The Morgan fingerprint density at radius 1 is 1.11 bits per heavy atom. The first-order chi connectivity index (χ1) is 16.8. The molecule has 0 radical (unpaired) electrons. The number of hydrogen-bond acceptors (Lipinski definition) is 5. The van der Waals surface area contributed by atoms with E-state index in [-0.39, 0.29) is 24.0 Å². The van der Waals surface area contributed by atoms with Crippen molar-refractivity contribution in [2.75, 3.05) is 18.5 Å². The van der Waals surface area contributed by atoms with Crippen molar-refractivity contribution < 1.29 is 24.2 Å². The van der Waals surface area contributed by atoms with Gasteiger partial charge in [-0.3, -0.25) is 14.8 Å². The summed E-state index contributed by atoms with van der Waals surface area (Å²) in [4.78, 5) is 38.8. The van der Waals surface area contributed by atoms with E-state index in [1.807, 2.05) is 36.4 Å². The number of benzene rings is 2. The molecule has 2 aliphatic rings. The van der Waals surface area contributed by atoms with Gasteiger partial charge >= 0.3 is 12.1 Å². The van der Waals surface area contributed by atoms with E-state index in [1.54, 1.807) is 14.0 Å². The predicted molar refractivity (Wildman–Crippen MR) is 128 cm³/mol. The molecular formula is C26H26N4O5. The van der Waals surface area contributed by atoms with Gasteiger partial charge in [0.2, 0.25) is 0 Å². The summed E-state index contributed by atoms with van der Waals surface area (Å²) in [5.74, 6) is -1.40. The number of ether oxygens (including phenoxy) is 1. The van der Waals surface area contributed by atoms with Crippen molar-refractivity contribution in [3.05, 3.63) is 71.4 Å². The molecule has 5 rings (SSSR count). The average molecular weight is 475 g/mol. The van der Waals surface area contributed by atoms with E-state index >= 15 is 0 Å². The normalized spacial score (nSPS) is 18.7. The molecule has 1 fully saturated rings. The van der Waals surface area contributed by atoms with Crippen molar-refractivity contribution in [3.63, 3.8) is 0 Å². The van der Waals surface area contributed by atoms with Crippen LogP contribution in [-0.4, -0.2) is 56.4 Å². The molecule has 3 aromatic rings. The molecule has 2 N–H and O–H groups in total. The van der Waals surface area contributed by atoms with Crippen molar-refractivity contribution in [3.8, 4) is 11.1 Å². The van der Waals surface area contributed by atoms with E-state index < -0.39 is 23.5 Å². The molecule has 1 aliphatic heterocycles. The number of carboxylic acid groups (broad SMARTS) is 1. The number of hydrogen-bond donors (Lipinski definition) is 2. The second-order valence-electron chi connectivity index (χ2n) is 9.13. The summed E-state index contributed by atoms with van der Waals surface area (Å²) >= 11 is 0. The number of nitrogens with zero attached hydrogens (tertiary/aromatic N) is 3. The van der Waals surface area contributed by atoms with E-state index in [9.17, 15) is 19.5 Å². The van der Waals surface area contributed by atoms with Crippen LogP contribution >= 0.6 is 0 Å². The number of carboxylic acids is 1. The average Bonchev–Trinajstić information content (AvgIpc) is 3.51. The molecule has 35 heavy (non-hydrogen) atoms. The second-order valence-corrected chi connectivity index (χ2v) is 9.13. The quantitative estimate of drug-likeness (QED) is 0.581. The van der Waals surface area contributed by atoms with E-state index in [0.717, 1.165) is 22.3 Å². The molecule has 9 heteroatoms. The number of anilines is 1. The fourth-order valence-electron chi connectivity index (χ4n) is 5.12. The molecule has 1 atom stereocenters. The van der Waals surface area contributed by atoms with Gasteiger partial charge in [-0.15, -0.1) is 0 Å². The number of fused-ring (bicyclic) bond motifs is 3. The summed E-state index contributed by atoms with van der Waals surface area (Å²) in [7, 11) is 1.57. The van der Waals surface area contributed by atoms with Gasteiger partial charge < -0.3 is 14.7 Å². The second kappa shape index (κ2) is 8.57. The van der Waals surface area contributed by atoms with Gasteiger partial charge in [0, 0.05) is 25.6 Å². The molecule has 1 aliphatic carbocycles. The van der Waals surface area contributed by atoms with Gasteiger partial charge in [0.1, 0.15) is 17.8 Å². The summed E-state index contributed by atoms with van der Waals surface area (Å²) < 4.78 is 6.88. The minimum atomic E-state index is -1.26. The topological polar surface area (TPSA) is 114 Å². The van der Waals surface area contributed by atoms with Gasteiger partial charge in [0.15, 0.2) is 5.82 Å². The van der Waals surface area contributed by atoms with Crippen LogP contribution in [0.5, 0.6) is 0 Å². The Morgan fingerprint density at radius 3 is 2.37 bits per heavy atom. The zero-order valence-corrected chi connectivity index (χ0v) is 19.5. The van der Waals surface area contributed by atoms with Crippen molar-refractivity contribution in [1.82, 2.24) is 14.7 Å². The monoisotopic (exact) mass is 474 g/mol. The smallest absolute Gasteiger partial charge is 0.412 e. The molecule has 9 nitrogen and oxygen atoms in total. The number of carbonyl (C=O) groups is 3. The van der Waals surface area contributed by atoms with E-state index in [1.165, 1.54) is 15.6 Å². The number of amides is 2. The molecule has 1 unspecified atom stereocenters. The first-order valence-electron chi connectivity index (χ1n) is 11.5. The van der Waals surface area contributed by atoms with Crippen LogP contribution in [-0.2, 0) is 16.6 Å². The number of nitrogens with one attached hydrogen (secondary N) is 1. The molecule has 1 aromatic heterocycles. The molecule has 0 bridgehead atoms. The zero-order chi connectivity index (χ0) is 24.7. The molecule has 2 amide bonds. The summed E-state index contributed by atoms with van der Waals surface area (Å²) in [6.45, 7) is 2.05. The summed E-state index contributed by atoms with van der Waals surface area (Å²) in [6.07, 6.45) is 0.314. The maximum atomic E-state index is 13.1. The minimum Gasteiger partial charge on any atom is -0.480 e. The molecular weight excluding hydrogens is 448 g/mol. The van der Waals surface area contributed by atoms with Crippen LogP contribution in [0.3, 0.4) is 0 Å². The van der Waals surface area contributed by atoms with Gasteiger partial charge in [-0.25, -0.2) is 9.59 Å². The molecule has 2 aromatic carbocycles. The summed E-state index contributed by atoms with van der Waals surface area (Å²) in [5, 5.41) is 16.4. The van der Waals surface area contributed by atoms with Crippen LogP contribution in [0.15, 0.2) is 54.6 Å². The Morgan fingerprint density at radius 2 is 1.74 bits per heavy atom. The Balaban J connectivity index is 1.27. The van der Waals surface area contributed by atoms with Gasteiger partial charge in [-0.05, 0) is 42.0 Å². The van der Waals surface area contributed by atoms with Crippen molar-refractivity contribution in [1.29, 1.82) is 0 Å². The first-order valence-corrected chi connectivity index (χ1v) is 11.5. The Hall–Kier alpha value is -4.14. The van der Waals surface area contributed by atoms with Crippen molar-refractivity contribution >= 4 is 23.8 Å². The lowest BCUT2D eigenvalue weighted by molar-refractivity contribution is -0.147. The van der Waals surface area contributed by atoms with Crippen LogP contribution in [0.4, 0.5) is 10.6 Å². The lowest BCUT2D eigenvalue weighted by atomic mass is 9.98. The van der Waals surface area contributed by atoms with E-state index in [4.69, 9.17) is 4.74 Å². The molecule has 0 spiro atoms. The van der Waals surface area contributed by atoms with Crippen molar-refractivity contribution in [2.24, 2.45) is 7.05 Å². The minimum absolute atomic E-state index is 0.0714. The van der Waals surface area contributed by atoms with Crippen LogP contribution in [0, 0.1) is 0 Å². The Labute approximate surface area is 202 Å². The summed E-state index contributed by atoms with van der Waals surface area (Å²) in [5.41, 5.74) is 3.43. The zero-order valence-electron chi connectivity index (χ0n) is 19.5. The van der Waals surface area contributed by atoms with Crippen LogP contribution in [0.1, 0.15) is 47.3 Å². The maximum absolute atomic E-state index is 13.1. The Bertz CT molecular complexity index is 1290. The SMILES string of the molecule is Cn1nc(NC(=O)OCC2c3ccccc3-c3ccccc32)cc1C(=O)N1CCCC1(C)C(=O)O. The third kappa shape index (κ3) is 3.82. The van der Waals surface area contributed by atoms with Gasteiger partial charge in [-0.1, -0.05) is 48.5 Å². The predicted octanol–water partition coefficient (Wildman–Crippen LogP) is 3.86. The highest BCUT2D eigenvalue weighted by atomic mass is 16.5. The number of likely N-dealkylation sites (tertiary alicyclic amines) is 1. The fraction of sp³-hybridized carbons (Fsp3) is 0.308. The standard InChI is InChI=1S/C26H26N4O5/c1-26(24(32)33)12-7-13-30(26)23(31)21-14-22(28-29(21)2)27-25(34)35-15-20-18-10-5-3-8-16(18)17-9-4-6-11-19(17)20/h3-6,8-11,14,20H,7,12-13,15H2,1-2H3,(H,32,33)(H,27,28,34). The molecule has 1 saturated heterocycles. The maximum Gasteiger partial charge on any atom is 0.412 e. The number of rotatable bonds is 5. The summed E-state index contributed by atoms with van der Waals surface area (Å²) in [6, 6.07) is 17.6. The van der Waals surface area contributed by atoms with E-state index in [2.05, 4.69) is 22.5 Å². The van der Waals surface area contributed by atoms with Gasteiger partial charge in [0.05, 0.1) is 0 Å². The lowest BCUT2D eigenvalue weighted by Gasteiger charge is -2.31. The molecule has 0 saturated carbocycles. The molecule has 180 valence electrons. The third-order valence-corrected chi connectivity index (χ3v) is 7.02. The number of carbonyl (C=O) groups excluding carboxylic acids is 2. The largest absolute Gasteiger partial charge is 0.480 e. The highest BCUT2D eigenvalue weighted by Gasteiger charge is 2.46. The number of aryl methyl sites for hydroxylation is 1. The number of aliphatic carboxylic acids is 1. The third-order valence-electron chi connectivity index (χ3n) is 7.02. The number of aromatic nitrogens is 2.